The Labute approximate surface area is 128 Å². The molecule has 0 aliphatic heterocycles. The molecule has 2 aromatic rings. The van der Waals surface area contributed by atoms with Crippen LogP contribution in [0.4, 0.5) is 10.1 Å². The first kappa shape index (κ1) is 14.8. The van der Waals surface area contributed by atoms with E-state index in [0.717, 1.165) is 0 Å². The summed E-state index contributed by atoms with van der Waals surface area (Å²) in [5, 5.41) is 0.268. The average molecular weight is 359 g/mol. The van der Waals surface area contributed by atoms with Gasteiger partial charge in [0.1, 0.15) is 12.4 Å². The number of hydrogen-bond acceptors (Lipinski definition) is 3. The third-order valence-electron chi connectivity index (χ3n) is 2.56. The van der Waals surface area contributed by atoms with Gasteiger partial charge in [-0.25, -0.2) is 9.18 Å². The molecular weight excluding hydrogens is 349 g/mol. The van der Waals surface area contributed by atoms with Crippen LogP contribution in [0.1, 0.15) is 15.9 Å². The van der Waals surface area contributed by atoms with Crippen molar-refractivity contribution in [3.63, 3.8) is 0 Å². The van der Waals surface area contributed by atoms with E-state index in [4.69, 9.17) is 22.1 Å². The molecule has 0 amide bonds. The van der Waals surface area contributed by atoms with E-state index in [1.165, 1.54) is 24.3 Å². The van der Waals surface area contributed by atoms with Gasteiger partial charge in [-0.15, -0.1) is 0 Å². The maximum Gasteiger partial charge on any atom is 0.340 e. The third-order valence-corrected chi connectivity index (χ3v) is 3.50. The third kappa shape index (κ3) is 3.49. The Morgan fingerprint density at radius 2 is 2.05 bits per heavy atom. The van der Waals surface area contributed by atoms with E-state index in [9.17, 15) is 9.18 Å². The van der Waals surface area contributed by atoms with Crippen molar-refractivity contribution in [2.24, 2.45) is 0 Å². The molecule has 0 spiro atoms. The highest BCUT2D eigenvalue weighted by molar-refractivity contribution is 9.10. The number of ether oxygens (including phenoxy) is 1. The molecule has 0 aromatic heterocycles. The molecule has 0 saturated carbocycles. The lowest BCUT2D eigenvalue weighted by Gasteiger charge is -2.07. The first-order valence-electron chi connectivity index (χ1n) is 5.63. The largest absolute Gasteiger partial charge is 0.457 e. The molecule has 0 aliphatic rings. The van der Waals surface area contributed by atoms with Gasteiger partial charge in [-0.3, -0.25) is 0 Å². The Morgan fingerprint density at radius 1 is 1.30 bits per heavy atom. The number of esters is 1. The lowest BCUT2D eigenvalue weighted by atomic mass is 10.2. The average Bonchev–Trinajstić information content (AvgIpc) is 2.42. The number of carbonyl (C=O) groups excluding carboxylic acids is 1. The summed E-state index contributed by atoms with van der Waals surface area (Å²) < 4.78 is 18.5. The van der Waals surface area contributed by atoms with Gasteiger partial charge in [0.2, 0.25) is 0 Å². The second-order valence-electron chi connectivity index (χ2n) is 4.06. The van der Waals surface area contributed by atoms with E-state index in [0.29, 0.717) is 15.7 Å². The zero-order chi connectivity index (χ0) is 14.7. The van der Waals surface area contributed by atoms with E-state index >= 15 is 0 Å². The van der Waals surface area contributed by atoms with Crippen LogP contribution >= 0.6 is 27.5 Å². The zero-order valence-electron chi connectivity index (χ0n) is 10.2. The van der Waals surface area contributed by atoms with Crippen molar-refractivity contribution in [3.05, 3.63) is 62.8 Å². The summed E-state index contributed by atoms with van der Waals surface area (Å²) in [5.74, 6) is -0.957. The molecule has 0 unspecified atom stereocenters. The molecule has 20 heavy (non-hydrogen) atoms. The number of anilines is 1. The predicted molar refractivity (Wildman–Crippen MR) is 79.1 cm³/mol. The molecule has 0 aliphatic carbocycles. The standard InChI is InChI=1S/C14H10BrClFNO2/c15-11-5-8(1-4-13(11)17)7-20-14(19)10-6-9(18)2-3-12(10)16/h1-6H,7,18H2. The number of hydrogen-bond donors (Lipinski definition) is 1. The molecule has 6 heteroatoms. The summed E-state index contributed by atoms with van der Waals surface area (Å²) in [6.07, 6.45) is 0. The first-order chi connectivity index (χ1) is 9.47. The topological polar surface area (TPSA) is 52.3 Å². The van der Waals surface area contributed by atoms with E-state index in [1.54, 1.807) is 12.1 Å². The van der Waals surface area contributed by atoms with Crippen LogP contribution in [0.3, 0.4) is 0 Å². The van der Waals surface area contributed by atoms with Crippen LogP contribution < -0.4 is 5.73 Å². The van der Waals surface area contributed by atoms with Crippen LogP contribution in [0.2, 0.25) is 5.02 Å². The molecule has 104 valence electrons. The van der Waals surface area contributed by atoms with E-state index < -0.39 is 5.97 Å². The normalized spacial score (nSPS) is 10.3. The van der Waals surface area contributed by atoms with E-state index in [-0.39, 0.29) is 23.0 Å². The molecule has 0 heterocycles. The summed E-state index contributed by atoms with van der Waals surface area (Å²) in [6.45, 7) is 0.0167. The van der Waals surface area contributed by atoms with Crippen LogP contribution in [0.5, 0.6) is 0 Å². The fourth-order valence-corrected chi connectivity index (χ4v) is 2.18. The highest BCUT2D eigenvalue weighted by Crippen LogP contribution is 2.21. The Hall–Kier alpha value is -1.59. The molecule has 0 fully saturated rings. The fraction of sp³-hybridized carbons (Fsp3) is 0.0714. The highest BCUT2D eigenvalue weighted by Gasteiger charge is 2.12. The van der Waals surface area contributed by atoms with Crippen LogP contribution in [0.25, 0.3) is 0 Å². The highest BCUT2D eigenvalue weighted by atomic mass is 79.9. The molecule has 0 atom stereocenters. The van der Waals surface area contributed by atoms with Crippen LogP contribution in [0, 0.1) is 5.82 Å². The van der Waals surface area contributed by atoms with Crippen molar-refractivity contribution in [3.8, 4) is 0 Å². The van der Waals surface area contributed by atoms with E-state index in [2.05, 4.69) is 15.9 Å². The quantitative estimate of drug-likeness (QED) is 0.661. The smallest absolute Gasteiger partial charge is 0.340 e. The Bertz CT molecular complexity index is 664. The van der Waals surface area contributed by atoms with Crippen LogP contribution in [-0.2, 0) is 11.3 Å². The number of rotatable bonds is 3. The minimum atomic E-state index is -0.581. The molecule has 2 aromatic carbocycles. The van der Waals surface area contributed by atoms with Gasteiger partial charge in [-0.2, -0.15) is 0 Å². The summed E-state index contributed by atoms with van der Waals surface area (Å²) in [7, 11) is 0. The Kier molecular flexibility index (Phi) is 4.62. The predicted octanol–water partition coefficient (Wildman–Crippen LogP) is 4.18. The van der Waals surface area contributed by atoms with Crippen molar-refractivity contribution in [1.29, 1.82) is 0 Å². The number of nitrogens with two attached hydrogens (primary N) is 1. The minimum Gasteiger partial charge on any atom is -0.457 e. The zero-order valence-corrected chi connectivity index (χ0v) is 12.5. The molecular formula is C14H10BrClFNO2. The van der Waals surface area contributed by atoms with Crippen molar-refractivity contribution >= 4 is 39.2 Å². The summed E-state index contributed by atoms with van der Waals surface area (Å²) in [6, 6.07) is 8.95. The molecule has 2 N–H and O–H groups in total. The number of nitrogen functional groups attached to an aromatic ring is 1. The monoisotopic (exact) mass is 357 g/mol. The van der Waals surface area contributed by atoms with E-state index in [1.807, 2.05) is 0 Å². The summed E-state index contributed by atoms with van der Waals surface area (Å²) in [5.41, 5.74) is 6.88. The van der Waals surface area contributed by atoms with Gasteiger partial charge in [-0.1, -0.05) is 17.7 Å². The van der Waals surface area contributed by atoms with Gasteiger partial charge in [-0.05, 0) is 51.8 Å². The van der Waals surface area contributed by atoms with Gasteiger partial charge in [0.25, 0.3) is 0 Å². The lowest BCUT2D eigenvalue weighted by Crippen LogP contribution is -2.06. The first-order valence-corrected chi connectivity index (χ1v) is 6.80. The molecule has 0 bridgehead atoms. The molecule has 3 nitrogen and oxygen atoms in total. The number of carbonyl (C=O) groups is 1. The molecule has 2 rings (SSSR count). The lowest BCUT2D eigenvalue weighted by molar-refractivity contribution is 0.0473. The fourth-order valence-electron chi connectivity index (χ4n) is 1.56. The van der Waals surface area contributed by atoms with Gasteiger partial charge < -0.3 is 10.5 Å². The van der Waals surface area contributed by atoms with Gasteiger partial charge in [0.15, 0.2) is 0 Å². The maximum absolute atomic E-state index is 13.1. The van der Waals surface area contributed by atoms with Gasteiger partial charge in [0.05, 0.1) is 15.1 Å². The summed E-state index contributed by atoms with van der Waals surface area (Å²) in [4.78, 5) is 11.9. The molecule has 0 saturated heterocycles. The molecule has 0 radical (unpaired) electrons. The SMILES string of the molecule is Nc1ccc(Cl)c(C(=O)OCc2ccc(F)c(Br)c2)c1. The van der Waals surface area contributed by atoms with Crippen molar-refractivity contribution < 1.29 is 13.9 Å². The number of halogens is 3. The number of benzene rings is 2. The van der Waals surface area contributed by atoms with Crippen molar-refractivity contribution in [1.82, 2.24) is 0 Å². The second kappa shape index (κ2) is 6.24. The van der Waals surface area contributed by atoms with Crippen molar-refractivity contribution in [2.45, 2.75) is 6.61 Å². The summed E-state index contributed by atoms with van der Waals surface area (Å²) >= 11 is 8.97. The maximum atomic E-state index is 13.1. The Balaban J connectivity index is 2.08. The van der Waals surface area contributed by atoms with Gasteiger partial charge in [0, 0.05) is 5.69 Å². The van der Waals surface area contributed by atoms with Gasteiger partial charge >= 0.3 is 5.97 Å². The minimum absolute atomic E-state index is 0.0167. The van der Waals surface area contributed by atoms with Crippen LogP contribution in [-0.4, -0.2) is 5.97 Å². The van der Waals surface area contributed by atoms with Crippen molar-refractivity contribution in [2.75, 3.05) is 5.73 Å². The second-order valence-corrected chi connectivity index (χ2v) is 5.33. The Morgan fingerprint density at radius 3 is 2.75 bits per heavy atom. The van der Waals surface area contributed by atoms with Crippen LogP contribution in [0.15, 0.2) is 40.9 Å².